The molecule has 0 saturated carbocycles. The van der Waals surface area contributed by atoms with E-state index in [1.54, 1.807) is 36.4 Å². The van der Waals surface area contributed by atoms with Crippen LogP contribution in [-0.2, 0) is 14.3 Å². The maximum atomic E-state index is 12.7. The largest absolute Gasteiger partial charge is 0.449 e. The fourth-order valence-electron chi connectivity index (χ4n) is 2.82. The van der Waals surface area contributed by atoms with Gasteiger partial charge in [-0.05, 0) is 36.2 Å². The van der Waals surface area contributed by atoms with Gasteiger partial charge in [-0.2, -0.15) is 5.26 Å². The van der Waals surface area contributed by atoms with Crippen molar-refractivity contribution in [2.45, 2.75) is 33.1 Å². The predicted molar refractivity (Wildman–Crippen MR) is 123 cm³/mol. The highest BCUT2D eigenvalue weighted by molar-refractivity contribution is 5.98. The van der Waals surface area contributed by atoms with Gasteiger partial charge in [-0.25, -0.2) is 4.79 Å². The highest BCUT2D eigenvalue weighted by Crippen LogP contribution is 2.18. The number of carbonyl (C=O) groups is 3. The average Bonchev–Trinajstić information content (AvgIpc) is 2.77. The van der Waals surface area contributed by atoms with Gasteiger partial charge in [0.05, 0.1) is 19.1 Å². The first-order valence-electron chi connectivity index (χ1n) is 10.4. The van der Waals surface area contributed by atoms with Gasteiger partial charge in [-0.1, -0.05) is 38.1 Å². The van der Waals surface area contributed by atoms with Crippen LogP contribution in [0.25, 0.3) is 0 Å². The second-order valence-electron chi connectivity index (χ2n) is 7.54. The Kier molecular flexibility index (Phi) is 9.72. The number of benzene rings is 2. The van der Waals surface area contributed by atoms with Gasteiger partial charge >= 0.3 is 6.09 Å². The van der Waals surface area contributed by atoms with E-state index in [0.717, 1.165) is 0 Å². The van der Waals surface area contributed by atoms with Crippen molar-refractivity contribution in [1.82, 2.24) is 0 Å². The number of nitrogens with zero attached hydrogens (tertiary/aromatic N) is 2. The minimum Gasteiger partial charge on any atom is -0.449 e. The molecule has 0 aromatic heterocycles. The molecule has 0 saturated heterocycles. The monoisotopic (exact) mass is 436 g/mol. The van der Waals surface area contributed by atoms with Gasteiger partial charge in [0.2, 0.25) is 11.8 Å². The minimum atomic E-state index is -0.564. The van der Waals surface area contributed by atoms with E-state index in [-0.39, 0.29) is 43.5 Å². The summed E-state index contributed by atoms with van der Waals surface area (Å²) < 4.78 is 5.08. The number of nitriles is 1. The molecule has 2 aromatic rings. The lowest BCUT2D eigenvalue weighted by atomic mass is 10.2. The van der Waals surface area contributed by atoms with Crippen molar-refractivity contribution in [2.24, 2.45) is 5.92 Å². The molecule has 32 heavy (non-hydrogen) atoms. The maximum absolute atomic E-state index is 12.7. The highest BCUT2D eigenvalue weighted by Gasteiger charge is 2.17. The van der Waals surface area contributed by atoms with E-state index in [2.05, 4.69) is 10.6 Å². The summed E-state index contributed by atoms with van der Waals surface area (Å²) in [4.78, 5) is 38.3. The van der Waals surface area contributed by atoms with Gasteiger partial charge in [0, 0.05) is 36.4 Å². The lowest BCUT2D eigenvalue weighted by molar-refractivity contribution is -0.122. The molecule has 8 nitrogen and oxygen atoms in total. The van der Waals surface area contributed by atoms with Gasteiger partial charge in [0.15, 0.2) is 0 Å². The van der Waals surface area contributed by atoms with E-state index in [0.29, 0.717) is 23.7 Å². The Balaban J connectivity index is 1.89. The van der Waals surface area contributed by atoms with Gasteiger partial charge in [-0.15, -0.1) is 0 Å². The second kappa shape index (κ2) is 12.7. The van der Waals surface area contributed by atoms with Crippen molar-refractivity contribution in [3.05, 3.63) is 54.6 Å². The fraction of sp³-hybridized carbons (Fsp3) is 0.333. The Bertz CT molecular complexity index is 954. The number of hydrogen-bond donors (Lipinski definition) is 2. The number of carbonyl (C=O) groups excluding carboxylic acids is 3. The van der Waals surface area contributed by atoms with Gasteiger partial charge in [-0.3, -0.25) is 14.9 Å². The quantitative estimate of drug-likeness (QED) is 0.567. The Morgan fingerprint density at radius 2 is 1.69 bits per heavy atom. The highest BCUT2D eigenvalue weighted by atomic mass is 16.5. The van der Waals surface area contributed by atoms with Crippen LogP contribution in [0.1, 0.15) is 33.1 Å². The maximum Gasteiger partial charge on any atom is 0.411 e. The van der Waals surface area contributed by atoms with Crippen LogP contribution in [0.5, 0.6) is 0 Å². The molecular weight excluding hydrogens is 408 g/mol. The molecule has 0 aliphatic heterocycles. The topological polar surface area (TPSA) is 112 Å². The van der Waals surface area contributed by atoms with Crippen LogP contribution in [0.2, 0.25) is 0 Å². The standard InChI is InChI=1S/C24H28N4O4/c1-18(2)17-32-24(31)27-20-9-6-8-19(16-20)26-22(29)12-13-23(30)28(15-7-14-25)21-10-4-3-5-11-21/h3-6,8-11,16,18H,7,12-13,15,17H2,1-2H3,(H,26,29)(H,27,31). The molecule has 2 N–H and O–H groups in total. The normalized spacial score (nSPS) is 10.2. The molecule has 2 aromatic carbocycles. The first-order chi connectivity index (χ1) is 15.4. The molecule has 0 aliphatic carbocycles. The zero-order valence-corrected chi connectivity index (χ0v) is 18.3. The minimum absolute atomic E-state index is 0.00558. The molecule has 0 fully saturated rings. The molecule has 0 bridgehead atoms. The zero-order valence-electron chi connectivity index (χ0n) is 18.3. The Hall–Kier alpha value is -3.86. The van der Waals surface area contributed by atoms with Crippen molar-refractivity contribution < 1.29 is 19.1 Å². The number of anilines is 3. The number of amides is 3. The third kappa shape index (κ3) is 8.48. The summed E-state index contributed by atoms with van der Waals surface area (Å²) in [6.45, 7) is 4.46. The van der Waals surface area contributed by atoms with Crippen LogP contribution in [0.3, 0.4) is 0 Å². The van der Waals surface area contributed by atoms with Crippen LogP contribution in [0.15, 0.2) is 54.6 Å². The zero-order chi connectivity index (χ0) is 23.3. The first kappa shape index (κ1) is 24.4. The summed E-state index contributed by atoms with van der Waals surface area (Å²) in [5.41, 5.74) is 1.67. The van der Waals surface area contributed by atoms with E-state index in [9.17, 15) is 14.4 Å². The van der Waals surface area contributed by atoms with Crippen LogP contribution in [-0.4, -0.2) is 31.1 Å². The second-order valence-corrected chi connectivity index (χ2v) is 7.54. The summed E-state index contributed by atoms with van der Waals surface area (Å²) in [5, 5.41) is 14.2. The van der Waals surface area contributed by atoms with E-state index >= 15 is 0 Å². The smallest absolute Gasteiger partial charge is 0.411 e. The summed E-state index contributed by atoms with van der Waals surface area (Å²) in [5.74, 6) is -0.331. The number of nitrogens with one attached hydrogen (secondary N) is 2. The molecule has 0 radical (unpaired) electrons. The number of rotatable bonds is 10. The lowest BCUT2D eigenvalue weighted by Crippen LogP contribution is -2.32. The third-order valence-corrected chi connectivity index (χ3v) is 4.32. The molecule has 168 valence electrons. The van der Waals surface area contributed by atoms with E-state index in [4.69, 9.17) is 10.00 Å². The van der Waals surface area contributed by atoms with Crippen molar-refractivity contribution in [3.63, 3.8) is 0 Å². The molecule has 0 unspecified atom stereocenters. The third-order valence-electron chi connectivity index (χ3n) is 4.32. The summed E-state index contributed by atoms with van der Waals surface area (Å²) >= 11 is 0. The van der Waals surface area contributed by atoms with Crippen LogP contribution < -0.4 is 15.5 Å². The summed E-state index contributed by atoms with van der Waals surface area (Å²) in [6, 6.07) is 17.8. The van der Waals surface area contributed by atoms with Crippen LogP contribution in [0, 0.1) is 17.2 Å². The Morgan fingerprint density at radius 3 is 2.34 bits per heavy atom. The molecular formula is C24H28N4O4. The average molecular weight is 437 g/mol. The lowest BCUT2D eigenvalue weighted by Gasteiger charge is -2.21. The molecule has 0 aliphatic rings. The molecule has 2 rings (SSSR count). The first-order valence-corrected chi connectivity index (χ1v) is 10.4. The van der Waals surface area contributed by atoms with Crippen molar-refractivity contribution in [1.29, 1.82) is 5.26 Å². The molecule has 0 spiro atoms. The van der Waals surface area contributed by atoms with Gasteiger partial charge in [0.25, 0.3) is 0 Å². The Morgan fingerprint density at radius 1 is 1.00 bits per heavy atom. The van der Waals surface area contributed by atoms with E-state index in [1.807, 2.05) is 38.1 Å². The van der Waals surface area contributed by atoms with Crippen LogP contribution >= 0.6 is 0 Å². The number of ether oxygens (including phenoxy) is 1. The predicted octanol–water partition coefficient (Wildman–Crippen LogP) is 4.56. The van der Waals surface area contributed by atoms with E-state index < -0.39 is 6.09 Å². The van der Waals surface area contributed by atoms with Crippen molar-refractivity contribution in [2.75, 3.05) is 28.7 Å². The van der Waals surface area contributed by atoms with Crippen molar-refractivity contribution in [3.8, 4) is 6.07 Å². The van der Waals surface area contributed by atoms with Crippen molar-refractivity contribution >= 4 is 35.0 Å². The van der Waals surface area contributed by atoms with E-state index in [1.165, 1.54) is 4.90 Å². The number of para-hydroxylation sites is 1. The summed E-state index contributed by atoms with van der Waals surface area (Å²) in [6.07, 6.45) is -0.369. The fourth-order valence-corrected chi connectivity index (χ4v) is 2.82. The van der Waals surface area contributed by atoms with Gasteiger partial charge in [0.1, 0.15) is 0 Å². The molecule has 0 heterocycles. The molecule has 0 atom stereocenters. The SMILES string of the molecule is CC(C)COC(=O)Nc1cccc(NC(=O)CCC(=O)N(CCC#N)c2ccccc2)c1. The summed E-state index contributed by atoms with van der Waals surface area (Å²) in [7, 11) is 0. The molecule has 3 amide bonds. The number of hydrogen-bond acceptors (Lipinski definition) is 5. The molecule has 8 heteroatoms. The van der Waals surface area contributed by atoms with Crippen LogP contribution in [0.4, 0.5) is 21.9 Å². The van der Waals surface area contributed by atoms with Gasteiger partial charge < -0.3 is 15.0 Å². The Labute approximate surface area is 188 Å².